The third-order valence-corrected chi connectivity index (χ3v) is 5.85. The molecule has 29 heavy (non-hydrogen) atoms. The standard InChI is InChI=1S/C22H24N4O3/c1-14-5-2-3-7-17(14)21-23-20(29-25-21)11-15-6-4-10-26(13-15)22(27)18-12-19(28-24-18)16-8-9-16/h2-3,5,7,12,15-16H,4,6,8-11,13H2,1H3/t15-/m0/s1. The van der Waals surface area contributed by atoms with E-state index in [0.717, 1.165) is 49.1 Å². The van der Waals surface area contributed by atoms with Gasteiger partial charge in [-0.15, -0.1) is 0 Å². The van der Waals surface area contributed by atoms with Gasteiger partial charge in [-0.3, -0.25) is 4.79 Å². The number of rotatable bonds is 5. The number of hydrogen-bond donors (Lipinski definition) is 0. The molecule has 150 valence electrons. The van der Waals surface area contributed by atoms with E-state index in [1.807, 2.05) is 42.2 Å². The molecule has 1 saturated heterocycles. The van der Waals surface area contributed by atoms with E-state index in [1.165, 1.54) is 0 Å². The van der Waals surface area contributed by atoms with Crippen LogP contribution in [-0.4, -0.2) is 39.2 Å². The van der Waals surface area contributed by atoms with Crippen molar-refractivity contribution in [3.63, 3.8) is 0 Å². The molecule has 3 aromatic rings. The summed E-state index contributed by atoms with van der Waals surface area (Å²) < 4.78 is 10.8. The summed E-state index contributed by atoms with van der Waals surface area (Å²) in [5.74, 6) is 2.80. The fourth-order valence-corrected chi connectivity index (χ4v) is 4.05. The van der Waals surface area contributed by atoms with E-state index in [-0.39, 0.29) is 5.91 Å². The van der Waals surface area contributed by atoms with Gasteiger partial charge < -0.3 is 13.9 Å². The van der Waals surface area contributed by atoms with Crippen LogP contribution in [0.4, 0.5) is 0 Å². The predicted octanol–water partition coefficient (Wildman–Crippen LogP) is 4.01. The number of nitrogens with zero attached hydrogens (tertiary/aromatic N) is 4. The molecule has 1 aromatic carbocycles. The number of piperidine rings is 1. The summed E-state index contributed by atoms with van der Waals surface area (Å²) in [6.45, 7) is 3.46. The second kappa shape index (κ2) is 7.46. The lowest BCUT2D eigenvalue weighted by Gasteiger charge is -2.31. The van der Waals surface area contributed by atoms with Gasteiger partial charge in [0.2, 0.25) is 11.7 Å². The van der Waals surface area contributed by atoms with Crippen molar-refractivity contribution in [3.05, 3.63) is 53.2 Å². The number of carbonyl (C=O) groups is 1. The Hall–Kier alpha value is -2.96. The van der Waals surface area contributed by atoms with Gasteiger partial charge in [0, 0.05) is 37.1 Å². The normalized spacial score (nSPS) is 19.5. The highest BCUT2D eigenvalue weighted by molar-refractivity contribution is 5.92. The van der Waals surface area contributed by atoms with E-state index < -0.39 is 0 Å². The Morgan fingerprint density at radius 1 is 1.17 bits per heavy atom. The number of benzene rings is 1. The summed E-state index contributed by atoms with van der Waals surface area (Å²) in [7, 11) is 0. The molecule has 7 nitrogen and oxygen atoms in total. The van der Waals surface area contributed by atoms with Crippen molar-refractivity contribution in [3.8, 4) is 11.4 Å². The summed E-state index contributed by atoms with van der Waals surface area (Å²) in [6.07, 6.45) is 4.93. The fourth-order valence-electron chi connectivity index (χ4n) is 4.05. The molecule has 1 saturated carbocycles. The van der Waals surface area contributed by atoms with Gasteiger partial charge in [0.1, 0.15) is 5.76 Å². The third kappa shape index (κ3) is 3.81. The third-order valence-electron chi connectivity index (χ3n) is 5.85. The summed E-state index contributed by atoms with van der Waals surface area (Å²) in [5.41, 5.74) is 2.53. The van der Waals surface area contributed by atoms with Crippen molar-refractivity contribution >= 4 is 5.91 Å². The molecule has 3 heterocycles. The van der Waals surface area contributed by atoms with Crippen LogP contribution in [0.1, 0.15) is 59.3 Å². The molecule has 0 radical (unpaired) electrons. The Morgan fingerprint density at radius 2 is 2.03 bits per heavy atom. The van der Waals surface area contributed by atoms with Crippen molar-refractivity contribution in [1.82, 2.24) is 20.2 Å². The Bertz CT molecular complexity index is 1020. The highest BCUT2D eigenvalue weighted by Gasteiger charge is 2.31. The Balaban J connectivity index is 1.24. The highest BCUT2D eigenvalue weighted by atomic mass is 16.5. The van der Waals surface area contributed by atoms with Gasteiger partial charge in [-0.1, -0.05) is 34.6 Å². The van der Waals surface area contributed by atoms with Crippen LogP contribution >= 0.6 is 0 Å². The number of aromatic nitrogens is 3. The maximum absolute atomic E-state index is 12.8. The summed E-state index contributed by atoms with van der Waals surface area (Å²) in [4.78, 5) is 19.3. The molecule has 5 rings (SSSR count). The van der Waals surface area contributed by atoms with Crippen molar-refractivity contribution in [2.24, 2.45) is 5.92 Å². The number of carbonyl (C=O) groups excluding carboxylic acids is 1. The van der Waals surface area contributed by atoms with E-state index in [4.69, 9.17) is 9.05 Å². The Labute approximate surface area is 169 Å². The van der Waals surface area contributed by atoms with E-state index in [2.05, 4.69) is 15.3 Å². The lowest BCUT2D eigenvalue weighted by molar-refractivity contribution is 0.0657. The molecule has 0 bridgehead atoms. The first-order chi connectivity index (χ1) is 14.2. The molecular weight excluding hydrogens is 368 g/mol. The highest BCUT2D eigenvalue weighted by Crippen LogP contribution is 2.40. The van der Waals surface area contributed by atoms with Gasteiger partial charge >= 0.3 is 0 Å². The molecule has 2 aliphatic rings. The van der Waals surface area contributed by atoms with E-state index in [1.54, 1.807) is 0 Å². The minimum Gasteiger partial charge on any atom is -0.360 e. The largest absolute Gasteiger partial charge is 0.360 e. The number of hydrogen-bond acceptors (Lipinski definition) is 6. The van der Waals surface area contributed by atoms with Crippen LogP contribution in [0.25, 0.3) is 11.4 Å². The zero-order valence-corrected chi connectivity index (χ0v) is 16.5. The summed E-state index contributed by atoms with van der Waals surface area (Å²) >= 11 is 0. The van der Waals surface area contributed by atoms with E-state index in [0.29, 0.717) is 42.2 Å². The smallest absolute Gasteiger partial charge is 0.276 e. The molecule has 7 heteroatoms. The van der Waals surface area contributed by atoms with Crippen LogP contribution < -0.4 is 0 Å². The van der Waals surface area contributed by atoms with E-state index >= 15 is 0 Å². The van der Waals surface area contributed by atoms with Crippen LogP contribution in [0.3, 0.4) is 0 Å². The van der Waals surface area contributed by atoms with Crippen LogP contribution in [0.5, 0.6) is 0 Å². The second-order valence-electron chi connectivity index (χ2n) is 8.18. The van der Waals surface area contributed by atoms with E-state index in [9.17, 15) is 4.79 Å². The molecule has 0 unspecified atom stereocenters. The zero-order valence-electron chi connectivity index (χ0n) is 16.5. The molecule has 1 aliphatic heterocycles. The predicted molar refractivity (Wildman–Crippen MR) is 105 cm³/mol. The van der Waals surface area contributed by atoms with Gasteiger partial charge in [-0.25, -0.2) is 0 Å². The molecule has 1 amide bonds. The minimum absolute atomic E-state index is 0.0449. The first kappa shape index (κ1) is 18.1. The average Bonchev–Trinajstić information content (AvgIpc) is 3.29. The van der Waals surface area contributed by atoms with Crippen LogP contribution in [0, 0.1) is 12.8 Å². The molecule has 1 atom stereocenters. The molecule has 2 aromatic heterocycles. The first-order valence-electron chi connectivity index (χ1n) is 10.3. The average molecular weight is 392 g/mol. The molecule has 2 fully saturated rings. The van der Waals surface area contributed by atoms with Crippen LogP contribution in [0.2, 0.25) is 0 Å². The maximum atomic E-state index is 12.8. The van der Waals surface area contributed by atoms with Gasteiger partial charge in [-0.2, -0.15) is 4.98 Å². The SMILES string of the molecule is Cc1ccccc1-c1noc(C[C@@H]2CCCN(C(=O)c3cc(C4CC4)on3)C2)n1. The number of amides is 1. The lowest BCUT2D eigenvalue weighted by Crippen LogP contribution is -2.40. The first-order valence-corrected chi connectivity index (χ1v) is 10.3. The zero-order chi connectivity index (χ0) is 19.8. The van der Waals surface area contributed by atoms with Crippen molar-refractivity contribution in [2.45, 2.75) is 44.9 Å². The minimum atomic E-state index is -0.0449. The second-order valence-corrected chi connectivity index (χ2v) is 8.18. The van der Waals surface area contributed by atoms with Gasteiger partial charge in [-0.05, 0) is 44.1 Å². The Morgan fingerprint density at radius 3 is 2.86 bits per heavy atom. The van der Waals surface area contributed by atoms with Gasteiger partial charge in [0.25, 0.3) is 5.91 Å². The maximum Gasteiger partial charge on any atom is 0.276 e. The van der Waals surface area contributed by atoms with Gasteiger partial charge in [0.15, 0.2) is 5.69 Å². The van der Waals surface area contributed by atoms with Crippen molar-refractivity contribution in [1.29, 1.82) is 0 Å². The summed E-state index contributed by atoms with van der Waals surface area (Å²) in [6, 6.07) is 9.82. The fraction of sp³-hybridized carbons (Fsp3) is 0.455. The lowest BCUT2D eigenvalue weighted by atomic mass is 9.94. The van der Waals surface area contributed by atoms with Crippen LogP contribution in [-0.2, 0) is 6.42 Å². The quantitative estimate of drug-likeness (QED) is 0.652. The number of aryl methyl sites for hydroxylation is 1. The Kier molecular flexibility index (Phi) is 4.66. The monoisotopic (exact) mass is 392 g/mol. The topological polar surface area (TPSA) is 85.3 Å². The molecule has 1 aliphatic carbocycles. The molecule has 0 N–H and O–H groups in total. The van der Waals surface area contributed by atoms with Gasteiger partial charge in [0.05, 0.1) is 0 Å². The van der Waals surface area contributed by atoms with Crippen molar-refractivity contribution in [2.75, 3.05) is 13.1 Å². The van der Waals surface area contributed by atoms with Crippen molar-refractivity contribution < 1.29 is 13.8 Å². The summed E-state index contributed by atoms with van der Waals surface area (Å²) in [5, 5.41) is 8.15. The number of likely N-dealkylation sites (tertiary alicyclic amines) is 1. The molecular formula is C22H24N4O3. The van der Waals surface area contributed by atoms with Crippen LogP contribution in [0.15, 0.2) is 39.4 Å². The molecule has 0 spiro atoms.